The van der Waals surface area contributed by atoms with Crippen LogP contribution < -0.4 is 5.32 Å². The number of thiophene rings is 1. The van der Waals surface area contributed by atoms with E-state index in [9.17, 15) is 14.4 Å². The van der Waals surface area contributed by atoms with Gasteiger partial charge in [0.25, 0.3) is 5.91 Å². The van der Waals surface area contributed by atoms with Crippen LogP contribution in [0.1, 0.15) is 47.2 Å². The molecule has 31 heavy (non-hydrogen) atoms. The summed E-state index contributed by atoms with van der Waals surface area (Å²) in [6.07, 6.45) is 3.73. The summed E-state index contributed by atoms with van der Waals surface area (Å²) in [5.41, 5.74) is 2.80. The first kappa shape index (κ1) is 21.0. The standard InChI is InChI=1S/C23H22N2O5S/c1-2-29-23(28)20-17(14-8-9-14)13-31-22(20)25-18(26)12-30-19(27)11-16-6-3-5-15-7-4-10-24-21(15)16/h3-7,10,13-14H,2,8-9,11-12H2,1H3,(H,25,26). The summed E-state index contributed by atoms with van der Waals surface area (Å²) in [5, 5.41) is 5.94. The third kappa shape index (κ3) is 4.91. The van der Waals surface area contributed by atoms with E-state index < -0.39 is 24.5 Å². The van der Waals surface area contributed by atoms with Gasteiger partial charge in [-0.3, -0.25) is 14.6 Å². The van der Waals surface area contributed by atoms with E-state index in [2.05, 4.69) is 10.3 Å². The van der Waals surface area contributed by atoms with E-state index in [-0.39, 0.29) is 13.0 Å². The summed E-state index contributed by atoms with van der Waals surface area (Å²) in [6, 6.07) is 9.34. The van der Waals surface area contributed by atoms with Gasteiger partial charge < -0.3 is 14.8 Å². The highest BCUT2D eigenvalue weighted by atomic mass is 32.1. The molecule has 0 spiro atoms. The minimum absolute atomic E-state index is 0.0144. The summed E-state index contributed by atoms with van der Waals surface area (Å²) in [4.78, 5) is 41.3. The van der Waals surface area contributed by atoms with Crippen molar-refractivity contribution in [3.8, 4) is 0 Å². The van der Waals surface area contributed by atoms with Gasteiger partial charge in [-0.15, -0.1) is 11.3 Å². The van der Waals surface area contributed by atoms with Gasteiger partial charge in [-0.1, -0.05) is 24.3 Å². The van der Waals surface area contributed by atoms with Gasteiger partial charge in [0.05, 0.1) is 24.1 Å². The average molecular weight is 439 g/mol. The first-order chi connectivity index (χ1) is 15.1. The van der Waals surface area contributed by atoms with Crippen LogP contribution in [0.15, 0.2) is 41.9 Å². The number of ether oxygens (including phenoxy) is 2. The second kappa shape index (κ2) is 9.26. The number of esters is 2. The SMILES string of the molecule is CCOC(=O)c1c(C2CC2)csc1NC(=O)COC(=O)Cc1cccc2cccnc12. The lowest BCUT2D eigenvalue weighted by molar-refractivity contribution is -0.146. The van der Waals surface area contributed by atoms with Crippen molar-refractivity contribution in [2.24, 2.45) is 0 Å². The predicted molar refractivity (Wildman–Crippen MR) is 117 cm³/mol. The Morgan fingerprint density at radius 3 is 2.74 bits per heavy atom. The number of amides is 1. The second-order valence-corrected chi connectivity index (χ2v) is 8.15. The van der Waals surface area contributed by atoms with Crippen LogP contribution in [0.25, 0.3) is 10.9 Å². The third-order valence-corrected chi connectivity index (χ3v) is 5.90. The molecule has 2 aromatic heterocycles. The molecule has 1 N–H and O–H groups in total. The molecular weight excluding hydrogens is 416 g/mol. The molecule has 0 bridgehead atoms. The van der Waals surface area contributed by atoms with Gasteiger partial charge in [-0.2, -0.15) is 0 Å². The fourth-order valence-electron chi connectivity index (χ4n) is 3.40. The highest BCUT2D eigenvalue weighted by Crippen LogP contribution is 2.46. The smallest absolute Gasteiger partial charge is 0.341 e. The number of aromatic nitrogens is 1. The van der Waals surface area contributed by atoms with E-state index >= 15 is 0 Å². The fourth-order valence-corrected chi connectivity index (χ4v) is 4.44. The third-order valence-electron chi connectivity index (χ3n) is 4.98. The molecule has 1 amide bonds. The van der Waals surface area contributed by atoms with E-state index in [1.54, 1.807) is 13.1 Å². The summed E-state index contributed by atoms with van der Waals surface area (Å²) in [5.74, 6) is -1.13. The molecular formula is C23H22N2O5S. The van der Waals surface area contributed by atoms with Crippen LogP contribution in [0.4, 0.5) is 5.00 Å². The summed E-state index contributed by atoms with van der Waals surface area (Å²) in [6.45, 7) is 1.56. The molecule has 1 fully saturated rings. The van der Waals surface area contributed by atoms with Crippen molar-refractivity contribution in [3.63, 3.8) is 0 Å². The van der Waals surface area contributed by atoms with Crippen molar-refractivity contribution in [1.82, 2.24) is 4.98 Å². The number of carbonyl (C=O) groups is 3. The Morgan fingerprint density at radius 1 is 1.16 bits per heavy atom. The first-order valence-electron chi connectivity index (χ1n) is 10.1. The lowest BCUT2D eigenvalue weighted by Crippen LogP contribution is -2.22. The molecule has 3 aromatic rings. The minimum Gasteiger partial charge on any atom is -0.462 e. The monoisotopic (exact) mass is 438 g/mol. The minimum atomic E-state index is -0.524. The van der Waals surface area contributed by atoms with Crippen LogP contribution >= 0.6 is 11.3 Å². The number of hydrogen-bond donors (Lipinski definition) is 1. The molecule has 0 unspecified atom stereocenters. The van der Waals surface area contributed by atoms with E-state index in [1.165, 1.54) is 11.3 Å². The second-order valence-electron chi connectivity index (χ2n) is 7.27. The van der Waals surface area contributed by atoms with E-state index in [0.717, 1.165) is 34.9 Å². The number of hydrogen-bond acceptors (Lipinski definition) is 7. The maximum absolute atomic E-state index is 12.4. The first-order valence-corrected chi connectivity index (χ1v) is 11.0. The zero-order valence-electron chi connectivity index (χ0n) is 17.1. The zero-order chi connectivity index (χ0) is 21.8. The Bertz CT molecular complexity index is 1130. The van der Waals surface area contributed by atoms with E-state index in [4.69, 9.17) is 9.47 Å². The van der Waals surface area contributed by atoms with Crippen LogP contribution in [0.3, 0.4) is 0 Å². The molecule has 1 aliphatic rings. The largest absolute Gasteiger partial charge is 0.462 e. The van der Waals surface area contributed by atoms with Crippen molar-refractivity contribution < 1.29 is 23.9 Å². The summed E-state index contributed by atoms with van der Waals surface area (Å²) < 4.78 is 10.3. The van der Waals surface area contributed by atoms with E-state index in [1.807, 2.05) is 35.7 Å². The molecule has 0 saturated heterocycles. The molecule has 2 heterocycles. The summed E-state index contributed by atoms with van der Waals surface area (Å²) in [7, 11) is 0. The zero-order valence-corrected chi connectivity index (χ0v) is 17.9. The molecule has 0 atom stereocenters. The Kier molecular flexibility index (Phi) is 6.27. The number of nitrogens with zero attached hydrogens (tertiary/aromatic N) is 1. The number of benzene rings is 1. The Hall–Kier alpha value is -3.26. The fraction of sp³-hybridized carbons (Fsp3) is 0.304. The van der Waals surface area contributed by atoms with E-state index in [0.29, 0.717) is 16.5 Å². The Balaban J connectivity index is 1.37. The number of fused-ring (bicyclic) bond motifs is 1. The molecule has 1 saturated carbocycles. The number of rotatable bonds is 8. The van der Waals surface area contributed by atoms with Gasteiger partial charge in [0.15, 0.2) is 6.61 Å². The van der Waals surface area contributed by atoms with Crippen molar-refractivity contribution in [1.29, 1.82) is 0 Å². The molecule has 7 nitrogen and oxygen atoms in total. The van der Waals surface area contributed by atoms with Crippen molar-refractivity contribution in [2.45, 2.75) is 32.1 Å². The molecule has 0 radical (unpaired) electrons. The Labute approximate surface area is 183 Å². The van der Waals surface area contributed by atoms with Gasteiger partial charge >= 0.3 is 11.9 Å². The van der Waals surface area contributed by atoms with Crippen molar-refractivity contribution >= 4 is 45.1 Å². The summed E-state index contributed by atoms with van der Waals surface area (Å²) >= 11 is 1.28. The van der Waals surface area contributed by atoms with Gasteiger partial charge in [0.2, 0.25) is 0 Å². The molecule has 0 aliphatic heterocycles. The highest BCUT2D eigenvalue weighted by molar-refractivity contribution is 7.15. The number of para-hydroxylation sites is 1. The van der Waals surface area contributed by atoms with Crippen LogP contribution in [0, 0.1) is 0 Å². The van der Waals surface area contributed by atoms with Crippen LogP contribution in [-0.4, -0.2) is 36.0 Å². The lowest BCUT2D eigenvalue weighted by atomic mass is 10.1. The van der Waals surface area contributed by atoms with Gasteiger partial charge in [0, 0.05) is 11.6 Å². The highest BCUT2D eigenvalue weighted by Gasteiger charge is 2.32. The number of carbonyl (C=O) groups excluding carboxylic acids is 3. The number of nitrogens with one attached hydrogen (secondary N) is 1. The molecule has 1 aliphatic carbocycles. The lowest BCUT2D eigenvalue weighted by Gasteiger charge is -2.09. The maximum Gasteiger partial charge on any atom is 0.341 e. The normalized spacial score (nSPS) is 13.1. The van der Waals surface area contributed by atoms with Crippen molar-refractivity contribution in [3.05, 3.63) is 58.6 Å². The molecule has 4 rings (SSSR count). The van der Waals surface area contributed by atoms with Crippen molar-refractivity contribution in [2.75, 3.05) is 18.5 Å². The number of anilines is 1. The molecule has 1 aromatic carbocycles. The predicted octanol–water partition coefficient (Wildman–Crippen LogP) is 4.07. The van der Waals surface area contributed by atoms with Crippen LogP contribution in [0.5, 0.6) is 0 Å². The molecule has 8 heteroatoms. The van der Waals surface area contributed by atoms with Gasteiger partial charge in [-0.05, 0) is 48.3 Å². The topological polar surface area (TPSA) is 94.6 Å². The van der Waals surface area contributed by atoms with Crippen LogP contribution in [0.2, 0.25) is 0 Å². The van der Waals surface area contributed by atoms with Gasteiger partial charge in [-0.25, -0.2) is 4.79 Å². The van der Waals surface area contributed by atoms with Crippen LogP contribution in [-0.2, 0) is 25.5 Å². The average Bonchev–Trinajstić information content (AvgIpc) is 3.53. The maximum atomic E-state index is 12.4. The Morgan fingerprint density at radius 2 is 1.97 bits per heavy atom. The van der Waals surface area contributed by atoms with Gasteiger partial charge in [0.1, 0.15) is 5.00 Å². The number of pyridine rings is 1. The molecule has 160 valence electrons. The quantitative estimate of drug-likeness (QED) is 0.533.